The summed E-state index contributed by atoms with van der Waals surface area (Å²) in [6, 6.07) is -0.796. The Kier molecular flexibility index (Phi) is 7.64. The van der Waals surface area contributed by atoms with Crippen LogP contribution in [0.4, 0.5) is 18.0 Å². The number of alkyl halides is 4. The van der Waals surface area contributed by atoms with E-state index in [1.54, 1.807) is 0 Å². The molecule has 0 bridgehead atoms. The smallest absolute Gasteiger partial charge is 0.370 e. The summed E-state index contributed by atoms with van der Waals surface area (Å²) in [6.07, 6.45) is -4.40. The number of hydrogen-bond acceptors (Lipinski definition) is 3. The van der Waals surface area contributed by atoms with Crippen LogP contribution in [-0.2, 0) is 9.53 Å². The Balaban J connectivity index is 3.49. The third-order valence-corrected chi connectivity index (χ3v) is 1.56. The van der Waals surface area contributed by atoms with Crippen molar-refractivity contribution in [3.05, 3.63) is 0 Å². The minimum absolute atomic E-state index is 0.0143. The van der Waals surface area contributed by atoms with Gasteiger partial charge >= 0.3 is 12.2 Å². The van der Waals surface area contributed by atoms with Gasteiger partial charge in [0.1, 0.15) is 6.61 Å². The molecular weight excluding hydrogens is 265 g/mol. The highest BCUT2D eigenvalue weighted by atomic mass is 35.5. The van der Waals surface area contributed by atoms with Crippen LogP contribution in [-0.4, -0.2) is 43.8 Å². The van der Waals surface area contributed by atoms with Crippen molar-refractivity contribution in [2.24, 2.45) is 0 Å². The topological polar surface area (TPSA) is 67.4 Å². The van der Waals surface area contributed by atoms with Crippen molar-refractivity contribution in [1.29, 1.82) is 0 Å². The van der Waals surface area contributed by atoms with Gasteiger partial charge in [-0.1, -0.05) is 0 Å². The fourth-order valence-corrected chi connectivity index (χ4v) is 0.915. The van der Waals surface area contributed by atoms with Crippen LogP contribution in [0.15, 0.2) is 0 Å². The van der Waals surface area contributed by atoms with Crippen LogP contribution in [0.25, 0.3) is 0 Å². The molecule has 3 amide bonds. The Morgan fingerprint density at radius 3 is 2.47 bits per heavy atom. The third kappa shape index (κ3) is 11.2. The average Bonchev–Trinajstić information content (AvgIpc) is 2.15. The SMILES string of the molecule is O=C(CCCl)NC(=O)NCCOCC(F)(F)F. The Morgan fingerprint density at radius 1 is 1.29 bits per heavy atom. The van der Waals surface area contributed by atoms with E-state index in [-0.39, 0.29) is 25.5 Å². The zero-order chi connectivity index (χ0) is 13.3. The number of halogens is 4. The number of ether oxygens (including phenoxy) is 1. The molecule has 9 heteroatoms. The molecule has 0 fully saturated rings. The Morgan fingerprint density at radius 2 is 1.94 bits per heavy atom. The molecule has 0 aromatic heterocycles. The number of nitrogens with one attached hydrogen (secondary N) is 2. The van der Waals surface area contributed by atoms with E-state index >= 15 is 0 Å². The van der Waals surface area contributed by atoms with Gasteiger partial charge in [-0.3, -0.25) is 10.1 Å². The third-order valence-electron chi connectivity index (χ3n) is 1.37. The molecule has 0 atom stereocenters. The minimum Gasteiger partial charge on any atom is -0.370 e. The highest BCUT2D eigenvalue weighted by Crippen LogP contribution is 2.13. The van der Waals surface area contributed by atoms with E-state index in [1.807, 2.05) is 5.32 Å². The summed E-state index contributed by atoms with van der Waals surface area (Å²) in [4.78, 5) is 21.8. The summed E-state index contributed by atoms with van der Waals surface area (Å²) in [7, 11) is 0. The van der Waals surface area contributed by atoms with Crippen LogP contribution in [0.5, 0.6) is 0 Å². The highest BCUT2D eigenvalue weighted by Gasteiger charge is 2.27. The molecule has 0 aliphatic carbocycles. The summed E-state index contributed by atoms with van der Waals surface area (Å²) in [5, 5.41) is 4.09. The van der Waals surface area contributed by atoms with Gasteiger partial charge < -0.3 is 10.1 Å². The predicted molar refractivity (Wildman–Crippen MR) is 53.8 cm³/mol. The molecule has 5 nitrogen and oxygen atoms in total. The number of hydrogen-bond donors (Lipinski definition) is 2. The fourth-order valence-electron chi connectivity index (χ4n) is 0.744. The van der Waals surface area contributed by atoms with Gasteiger partial charge in [0, 0.05) is 18.8 Å². The molecule has 0 aliphatic heterocycles. The minimum atomic E-state index is -4.39. The van der Waals surface area contributed by atoms with E-state index in [4.69, 9.17) is 11.6 Å². The summed E-state index contributed by atoms with van der Waals surface area (Å²) >= 11 is 5.25. The first-order valence-electron chi connectivity index (χ1n) is 4.63. The maximum absolute atomic E-state index is 11.6. The summed E-state index contributed by atoms with van der Waals surface area (Å²) < 4.78 is 39.1. The van der Waals surface area contributed by atoms with Gasteiger partial charge in [0.15, 0.2) is 0 Å². The molecule has 0 heterocycles. The van der Waals surface area contributed by atoms with Gasteiger partial charge in [0.05, 0.1) is 6.61 Å². The van der Waals surface area contributed by atoms with Gasteiger partial charge in [-0.05, 0) is 0 Å². The number of rotatable bonds is 6. The van der Waals surface area contributed by atoms with E-state index in [2.05, 4.69) is 10.1 Å². The number of carbonyl (C=O) groups excluding carboxylic acids is 2. The molecule has 0 radical (unpaired) electrons. The van der Waals surface area contributed by atoms with E-state index in [0.29, 0.717) is 0 Å². The van der Waals surface area contributed by atoms with Crippen molar-refractivity contribution >= 4 is 23.5 Å². The van der Waals surface area contributed by atoms with Gasteiger partial charge in [-0.15, -0.1) is 11.6 Å². The van der Waals surface area contributed by atoms with Gasteiger partial charge in [0.2, 0.25) is 5.91 Å². The molecule has 2 N–H and O–H groups in total. The molecular formula is C8H12ClF3N2O3. The Hall–Kier alpha value is -1.02. The normalized spacial score (nSPS) is 11.1. The van der Waals surface area contributed by atoms with Crippen molar-refractivity contribution in [3.63, 3.8) is 0 Å². The largest absolute Gasteiger partial charge is 0.411 e. The van der Waals surface area contributed by atoms with Gasteiger partial charge in [-0.25, -0.2) is 4.79 Å². The molecule has 0 saturated carbocycles. The Bertz CT molecular complexity index is 261. The first kappa shape index (κ1) is 16.0. The Labute approximate surface area is 101 Å². The summed E-state index contributed by atoms with van der Waals surface area (Å²) in [5.41, 5.74) is 0. The standard InChI is InChI=1S/C8H12ClF3N2O3/c9-2-1-6(15)14-7(16)13-3-4-17-5-8(10,11)12/h1-5H2,(H2,13,14,15,16). The molecule has 17 heavy (non-hydrogen) atoms. The number of carbonyl (C=O) groups is 2. The van der Waals surface area contributed by atoms with Crippen LogP contribution in [0.1, 0.15) is 6.42 Å². The molecule has 0 aromatic rings. The van der Waals surface area contributed by atoms with Crippen molar-refractivity contribution in [3.8, 4) is 0 Å². The molecule has 0 spiro atoms. The zero-order valence-corrected chi connectivity index (χ0v) is 9.53. The van der Waals surface area contributed by atoms with Crippen LogP contribution in [0.2, 0.25) is 0 Å². The monoisotopic (exact) mass is 276 g/mol. The average molecular weight is 277 g/mol. The molecule has 0 aromatic carbocycles. The first-order valence-corrected chi connectivity index (χ1v) is 5.16. The lowest BCUT2D eigenvalue weighted by molar-refractivity contribution is -0.173. The van der Waals surface area contributed by atoms with Crippen LogP contribution >= 0.6 is 11.6 Å². The van der Waals surface area contributed by atoms with Crippen molar-refractivity contribution < 1.29 is 27.5 Å². The van der Waals surface area contributed by atoms with Crippen LogP contribution in [0.3, 0.4) is 0 Å². The van der Waals surface area contributed by atoms with Crippen molar-refractivity contribution in [1.82, 2.24) is 10.6 Å². The zero-order valence-electron chi connectivity index (χ0n) is 8.77. The van der Waals surface area contributed by atoms with E-state index in [9.17, 15) is 22.8 Å². The fraction of sp³-hybridized carbons (Fsp3) is 0.750. The van der Waals surface area contributed by atoms with Crippen LogP contribution in [0, 0.1) is 0 Å². The van der Waals surface area contributed by atoms with E-state index in [0.717, 1.165) is 0 Å². The second kappa shape index (κ2) is 8.13. The van der Waals surface area contributed by atoms with Crippen molar-refractivity contribution in [2.45, 2.75) is 12.6 Å². The second-order valence-corrected chi connectivity index (χ2v) is 3.29. The quantitative estimate of drug-likeness (QED) is 0.562. The first-order chi connectivity index (χ1) is 7.85. The second-order valence-electron chi connectivity index (χ2n) is 2.91. The highest BCUT2D eigenvalue weighted by molar-refractivity contribution is 6.19. The van der Waals surface area contributed by atoms with Crippen LogP contribution < -0.4 is 10.6 Å². The van der Waals surface area contributed by atoms with E-state index < -0.39 is 24.7 Å². The molecule has 0 unspecified atom stereocenters. The lowest BCUT2D eigenvalue weighted by atomic mass is 10.4. The number of amides is 3. The summed E-state index contributed by atoms with van der Waals surface area (Å²) in [5.74, 6) is -0.484. The maximum atomic E-state index is 11.6. The number of imide groups is 1. The van der Waals surface area contributed by atoms with Gasteiger partial charge in [-0.2, -0.15) is 13.2 Å². The van der Waals surface area contributed by atoms with E-state index in [1.165, 1.54) is 0 Å². The lowest BCUT2D eigenvalue weighted by Gasteiger charge is -2.08. The molecule has 0 saturated heterocycles. The molecule has 0 aliphatic rings. The summed E-state index contributed by atoms with van der Waals surface area (Å²) in [6.45, 7) is -1.80. The van der Waals surface area contributed by atoms with Gasteiger partial charge in [0.25, 0.3) is 0 Å². The maximum Gasteiger partial charge on any atom is 0.411 e. The molecule has 0 rings (SSSR count). The van der Waals surface area contributed by atoms with Crippen molar-refractivity contribution in [2.75, 3.05) is 25.6 Å². The lowest BCUT2D eigenvalue weighted by Crippen LogP contribution is -2.41. The molecule has 100 valence electrons. The predicted octanol–water partition coefficient (Wildman–Crippen LogP) is 1.02. The number of urea groups is 1.